The topological polar surface area (TPSA) is 95.1 Å². The number of nitrogens with zero attached hydrogens (tertiary/aromatic N) is 4. The number of rotatable bonds is 6. The Morgan fingerprint density at radius 1 is 0.806 bits per heavy atom. The quantitative estimate of drug-likeness (QED) is 0.548. The van der Waals surface area contributed by atoms with E-state index in [1.165, 1.54) is 34.3 Å². The Labute approximate surface area is 211 Å². The minimum Gasteiger partial charge on any atom is -0.379 e. The summed E-state index contributed by atoms with van der Waals surface area (Å²) in [6, 6.07) is 20.1. The molecule has 3 aromatic rings. The first-order chi connectivity index (χ1) is 17.5. The molecule has 1 aromatic heterocycles. The Morgan fingerprint density at radius 2 is 1.47 bits per heavy atom. The summed E-state index contributed by atoms with van der Waals surface area (Å²) in [7, 11) is -3.59. The molecular formula is C26H29N5O4S. The summed E-state index contributed by atoms with van der Waals surface area (Å²) in [4.78, 5) is 22.0. The van der Waals surface area contributed by atoms with Crippen molar-refractivity contribution in [2.24, 2.45) is 0 Å². The highest BCUT2D eigenvalue weighted by atomic mass is 32.2. The number of ether oxygens (including phenoxy) is 1. The van der Waals surface area contributed by atoms with Gasteiger partial charge >= 0.3 is 0 Å². The van der Waals surface area contributed by atoms with Gasteiger partial charge in [-0.3, -0.25) is 4.79 Å². The van der Waals surface area contributed by atoms with E-state index in [0.29, 0.717) is 37.6 Å². The molecule has 9 nitrogen and oxygen atoms in total. The second-order valence-electron chi connectivity index (χ2n) is 8.71. The number of hydrogen-bond donors (Lipinski definition) is 1. The number of carbonyl (C=O) groups is 1. The van der Waals surface area contributed by atoms with Crippen LogP contribution in [-0.4, -0.2) is 76.1 Å². The summed E-state index contributed by atoms with van der Waals surface area (Å²) in [5, 5.41) is 2.83. The molecule has 2 aromatic carbocycles. The molecule has 2 aliphatic heterocycles. The average Bonchev–Trinajstić information content (AvgIpc) is 2.94. The molecule has 36 heavy (non-hydrogen) atoms. The van der Waals surface area contributed by atoms with Crippen LogP contribution in [0.2, 0.25) is 0 Å². The standard InChI is InChI=1S/C26H29N5O4S/c32-26(21-6-9-24(10-7-21)36(33,34)31-16-18-35-19-17-31)28-22-8-11-25(27-20-22)30-14-12-29(13-15-30)23-4-2-1-3-5-23/h1-11,20H,12-19H2,(H,28,32). The van der Waals surface area contributed by atoms with E-state index in [1.54, 1.807) is 6.20 Å². The average molecular weight is 508 g/mol. The molecular weight excluding hydrogens is 478 g/mol. The number of morpholine rings is 1. The van der Waals surface area contributed by atoms with Gasteiger partial charge in [0.1, 0.15) is 5.82 Å². The minimum atomic E-state index is -3.59. The highest BCUT2D eigenvalue weighted by Crippen LogP contribution is 2.21. The third-order valence-corrected chi connectivity index (χ3v) is 8.37. The van der Waals surface area contributed by atoms with Crippen LogP contribution in [0.1, 0.15) is 10.4 Å². The van der Waals surface area contributed by atoms with Crippen molar-refractivity contribution in [1.82, 2.24) is 9.29 Å². The molecule has 1 amide bonds. The molecule has 0 atom stereocenters. The van der Waals surface area contributed by atoms with Crippen molar-refractivity contribution < 1.29 is 17.9 Å². The predicted molar refractivity (Wildman–Crippen MR) is 139 cm³/mol. The maximum Gasteiger partial charge on any atom is 0.255 e. The van der Waals surface area contributed by atoms with Crippen LogP contribution in [0, 0.1) is 0 Å². The van der Waals surface area contributed by atoms with Crippen LogP contribution >= 0.6 is 0 Å². The lowest BCUT2D eigenvalue weighted by molar-refractivity contribution is 0.0730. The Kier molecular flexibility index (Phi) is 7.17. The fourth-order valence-electron chi connectivity index (χ4n) is 4.40. The number of piperazine rings is 1. The normalized spacial score (nSPS) is 17.1. The lowest BCUT2D eigenvalue weighted by Gasteiger charge is -2.36. The Bertz CT molecular complexity index is 1270. The van der Waals surface area contributed by atoms with Crippen LogP contribution in [-0.2, 0) is 14.8 Å². The molecule has 2 fully saturated rings. The molecule has 10 heteroatoms. The first-order valence-corrected chi connectivity index (χ1v) is 13.4. The number of hydrogen-bond acceptors (Lipinski definition) is 7. The summed E-state index contributed by atoms with van der Waals surface area (Å²) in [5.74, 6) is 0.551. The van der Waals surface area contributed by atoms with Gasteiger partial charge in [0.05, 0.1) is 30.0 Å². The fraction of sp³-hybridized carbons (Fsp3) is 0.308. The van der Waals surface area contributed by atoms with E-state index < -0.39 is 10.0 Å². The van der Waals surface area contributed by atoms with Crippen molar-refractivity contribution in [3.8, 4) is 0 Å². The number of nitrogens with one attached hydrogen (secondary N) is 1. The Morgan fingerprint density at radius 3 is 2.11 bits per heavy atom. The SMILES string of the molecule is O=C(Nc1ccc(N2CCN(c3ccccc3)CC2)nc1)c1ccc(S(=O)(=O)N2CCOCC2)cc1. The summed E-state index contributed by atoms with van der Waals surface area (Å²) in [6.45, 7) is 5.00. The fourth-order valence-corrected chi connectivity index (χ4v) is 5.81. The van der Waals surface area contributed by atoms with Crippen molar-refractivity contribution in [2.45, 2.75) is 4.90 Å². The number of para-hydroxylation sites is 1. The third-order valence-electron chi connectivity index (χ3n) is 6.46. The summed E-state index contributed by atoms with van der Waals surface area (Å²) >= 11 is 0. The summed E-state index contributed by atoms with van der Waals surface area (Å²) < 4.78 is 32.2. The number of aromatic nitrogens is 1. The van der Waals surface area contributed by atoms with Gasteiger partial charge in [-0.05, 0) is 48.5 Å². The van der Waals surface area contributed by atoms with Gasteiger partial charge in [0, 0.05) is 50.5 Å². The van der Waals surface area contributed by atoms with E-state index in [4.69, 9.17) is 4.74 Å². The van der Waals surface area contributed by atoms with Gasteiger partial charge < -0.3 is 19.9 Å². The molecule has 188 valence electrons. The van der Waals surface area contributed by atoms with Crippen molar-refractivity contribution >= 4 is 33.1 Å². The number of pyridine rings is 1. The number of sulfonamides is 1. The zero-order valence-electron chi connectivity index (χ0n) is 19.9. The Balaban J connectivity index is 1.17. The molecule has 2 aliphatic rings. The van der Waals surface area contributed by atoms with Gasteiger partial charge in [-0.15, -0.1) is 0 Å². The van der Waals surface area contributed by atoms with Gasteiger partial charge in [-0.2, -0.15) is 4.31 Å². The molecule has 0 spiro atoms. The van der Waals surface area contributed by atoms with Crippen molar-refractivity contribution in [3.63, 3.8) is 0 Å². The zero-order chi connectivity index (χ0) is 25.0. The van der Waals surface area contributed by atoms with E-state index in [-0.39, 0.29) is 10.8 Å². The van der Waals surface area contributed by atoms with Crippen molar-refractivity contribution in [3.05, 3.63) is 78.5 Å². The first-order valence-electron chi connectivity index (χ1n) is 12.0. The second-order valence-corrected chi connectivity index (χ2v) is 10.6. The van der Waals surface area contributed by atoms with E-state index in [9.17, 15) is 13.2 Å². The van der Waals surface area contributed by atoms with Gasteiger partial charge in [0.2, 0.25) is 10.0 Å². The first kappa shape index (κ1) is 24.2. The van der Waals surface area contributed by atoms with E-state index in [1.807, 2.05) is 18.2 Å². The molecule has 0 radical (unpaired) electrons. The van der Waals surface area contributed by atoms with Gasteiger partial charge in [-0.1, -0.05) is 18.2 Å². The van der Waals surface area contributed by atoms with Gasteiger partial charge in [0.25, 0.3) is 5.91 Å². The van der Waals surface area contributed by atoms with Crippen LogP contribution in [0.5, 0.6) is 0 Å². The maximum atomic E-state index is 12.8. The summed E-state index contributed by atoms with van der Waals surface area (Å²) in [6.07, 6.45) is 1.65. The molecule has 3 heterocycles. The van der Waals surface area contributed by atoms with Crippen LogP contribution in [0.4, 0.5) is 17.2 Å². The van der Waals surface area contributed by atoms with Crippen LogP contribution < -0.4 is 15.1 Å². The number of carbonyl (C=O) groups excluding carboxylic acids is 1. The molecule has 0 aliphatic carbocycles. The van der Waals surface area contributed by atoms with Crippen LogP contribution in [0.25, 0.3) is 0 Å². The highest BCUT2D eigenvalue weighted by Gasteiger charge is 2.26. The van der Waals surface area contributed by atoms with Crippen LogP contribution in [0.15, 0.2) is 77.8 Å². The lowest BCUT2D eigenvalue weighted by Crippen LogP contribution is -2.46. The summed E-state index contributed by atoms with van der Waals surface area (Å²) in [5.41, 5.74) is 2.18. The highest BCUT2D eigenvalue weighted by molar-refractivity contribution is 7.89. The number of benzene rings is 2. The number of amides is 1. The largest absolute Gasteiger partial charge is 0.379 e. The monoisotopic (exact) mass is 507 g/mol. The van der Waals surface area contributed by atoms with Gasteiger partial charge in [-0.25, -0.2) is 13.4 Å². The third kappa shape index (κ3) is 5.35. The Hall–Kier alpha value is -3.47. The van der Waals surface area contributed by atoms with Crippen molar-refractivity contribution in [2.75, 3.05) is 67.6 Å². The molecule has 0 unspecified atom stereocenters. The zero-order valence-corrected chi connectivity index (χ0v) is 20.7. The maximum absolute atomic E-state index is 12.8. The molecule has 2 saturated heterocycles. The van der Waals surface area contributed by atoms with Crippen LogP contribution in [0.3, 0.4) is 0 Å². The minimum absolute atomic E-state index is 0.166. The van der Waals surface area contributed by atoms with E-state index >= 15 is 0 Å². The van der Waals surface area contributed by atoms with Gasteiger partial charge in [0.15, 0.2) is 0 Å². The smallest absolute Gasteiger partial charge is 0.255 e. The predicted octanol–water partition coefficient (Wildman–Crippen LogP) is 2.68. The molecule has 1 N–H and O–H groups in total. The second kappa shape index (κ2) is 10.7. The molecule has 5 rings (SSSR count). The molecule has 0 bridgehead atoms. The lowest BCUT2D eigenvalue weighted by atomic mass is 10.2. The van der Waals surface area contributed by atoms with Crippen molar-refractivity contribution in [1.29, 1.82) is 0 Å². The van der Waals surface area contributed by atoms with E-state index in [2.05, 4.69) is 44.4 Å². The number of anilines is 3. The molecule has 0 saturated carbocycles. The van der Waals surface area contributed by atoms with E-state index in [0.717, 1.165) is 32.0 Å².